The highest BCUT2D eigenvalue weighted by Crippen LogP contribution is 2.18. The van der Waals surface area contributed by atoms with Gasteiger partial charge >= 0.3 is 0 Å². The van der Waals surface area contributed by atoms with Crippen molar-refractivity contribution in [1.29, 1.82) is 0 Å². The van der Waals surface area contributed by atoms with E-state index in [4.69, 9.17) is 10.2 Å². The second-order valence-corrected chi connectivity index (χ2v) is 4.57. The lowest BCUT2D eigenvalue weighted by atomic mass is 10.2. The average molecular weight is 275 g/mol. The van der Waals surface area contributed by atoms with E-state index in [-0.39, 0.29) is 26.3 Å². The van der Waals surface area contributed by atoms with Crippen LogP contribution in [0, 0.1) is 11.8 Å². The van der Waals surface area contributed by atoms with Crippen LogP contribution in [0.2, 0.25) is 0 Å². The SMILES string of the molecule is OCC#Cc1ccsc1CN(CCO)CC(F)F. The maximum atomic E-state index is 12.4. The van der Waals surface area contributed by atoms with E-state index in [1.54, 1.807) is 6.07 Å². The molecule has 0 aliphatic carbocycles. The van der Waals surface area contributed by atoms with Gasteiger partial charge in [-0.2, -0.15) is 0 Å². The molecule has 0 amide bonds. The second-order valence-electron chi connectivity index (χ2n) is 3.57. The summed E-state index contributed by atoms with van der Waals surface area (Å²) in [6, 6.07) is 1.79. The van der Waals surface area contributed by atoms with Crippen LogP contribution in [0.25, 0.3) is 0 Å². The quantitative estimate of drug-likeness (QED) is 0.766. The first kappa shape index (κ1) is 15.1. The summed E-state index contributed by atoms with van der Waals surface area (Å²) >= 11 is 1.43. The smallest absolute Gasteiger partial charge is 0.251 e. The zero-order valence-electron chi connectivity index (χ0n) is 9.77. The largest absolute Gasteiger partial charge is 0.395 e. The van der Waals surface area contributed by atoms with Crippen LogP contribution >= 0.6 is 11.3 Å². The molecule has 0 saturated heterocycles. The zero-order valence-corrected chi connectivity index (χ0v) is 10.6. The van der Waals surface area contributed by atoms with Crippen LogP contribution in [0.3, 0.4) is 0 Å². The molecule has 1 aromatic rings. The third-order valence-corrected chi connectivity index (χ3v) is 3.13. The van der Waals surface area contributed by atoms with E-state index in [0.29, 0.717) is 6.54 Å². The Morgan fingerprint density at radius 2 is 2.17 bits per heavy atom. The van der Waals surface area contributed by atoms with Gasteiger partial charge in [0.25, 0.3) is 6.43 Å². The maximum Gasteiger partial charge on any atom is 0.251 e. The van der Waals surface area contributed by atoms with E-state index in [1.807, 2.05) is 5.38 Å². The van der Waals surface area contributed by atoms with Gasteiger partial charge in [-0.15, -0.1) is 11.3 Å². The summed E-state index contributed by atoms with van der Waals surface area (Å²) in [5.41, 5.74) is 0.742. The molecule has 100 valence electrons. The number of nitrogens with zero attached hydrogens (tertiary/aromatic N) is 1. The van der Waals surface area contributed by atoms with Gasteiger partial charge in [-0.3, -0.25) is 4.90 Å². The summed E-state index contributed by atoms with van der Waals surface area (Å²) in [5, 5.41) is 19.3. The van der Waals surface area contributed by atoms with Crippen molar-refractivity contribution in [2.45, 2.75) is 13.0 Å². The Labute approximate surface area is 109 Å². The molecular weight excluding hydrogens is 260 g/mol. The normalized spacial score (nSPS) is 10.8. The predicted octanol–water partition coefficient (Wildman–Crippen LogP) is 1.15. The first-order chi connectivity index (χ1) is 8.67. The van der Waals surface area contributed by atoms with Crippen molar-refractivity contribution in [3.05, 3.63) is 21.9 Å². The Kier molecular flexibility index (Phi) is 6.83. The van der Waals surface area contributed by atoms with Crippen LogP contribution in [0.1, 0.15) is 10.4 Å². The van der Waals surface area contributed by atoms with Crippen molar-refractivity contribution in [3.63, 3.8) is 0 Å². The highest BCUT2D eigenvalue weighted by molar-refractivity contribution is 7.10. The predicted molar refractivity (Wildman–Crippen MR) is 66.6 cm³/mol. The van der Waals surface area contributed by atoms with Gasteiger partial charge in [-0.05, 0) is 11.4 Å². The van der Waals surface area contributed by atoms with E-state index in [2.05, 4.69) is 11.8 Å². The fourth-order valence-electron chi connectivity index (χ4n) is 1.48. The molecule has 0 aliphatic rings. The molecule has 0 fully saturated rings. The Morgan fingerprint density at radius 3 is 2.78 bits per heavy atom. The van der Waals surface area contributed by atoms with Crippen molar-refractivity contribution in [2.75, 3.05) is 26.3 Å². The van der Waals surface area contributed by atoms with Crippen LogP contribution < -0.4 is 0 Å². The number of aliphatic hydroxyl groups excluding tert-OH is 2. The molecule has 0 radical (unpaired) electrons. The number of hydrogen-bond acceptors (Lipinski definition) is 4. The molecule has 0 saturated carbocycles. The molecule has 0 bridgehead atoms. The highest BCUT2D eigenvalue weighted by Gasteiger charge is 2.14. The van der Waals surface area contributed by atoms with Gasteiger partial charge < -0.3 is 10.2 Å². The molecule has 0 aromatic carbocycles. The van der Waals surface area contributed by atoms with E-state index in [0.717, 1.165) is 10.4 Å². The molecule has 0 spiro atoms. The van der Waals surface area contributed by atoms with Crippen molar-refractivity contribution < 1.29 is 19.0 Å². The lowest BCUT2D eigenvalue weighted by Gasteiger charge is -2.20. The van der Waals surface area contributed by atoms with Crippen LogP contribution in [0.15, 0.2) is 11.4 Å². The van der Waals surface area contributed by atoms with Crippen molar-refractivity contribution >= 4 is 11.3 Å². The Bertz CT molecular complexity index is 412. The molecule has 0 aliphatic heterocycles. The topological polar surface area (TPSA) is 43.7 Å². The highest BCUT2D eigenvalue weighted by atomic mass is 32.1. The molecule has 2 N–H and O–H groups in total. The molecule has 3 nitrogen and oxygen atoms in total. The Balaban J connectivity index is 2.70. The third-order valence-electron chi connectivity index (χ3n) is 2.23. The van der Waals surface area contributed by atoms with Gasteiger partial charge in [-0.1, -0.05) is 11.8 Å². The first-order valence-corrected chi connectivity index (χ1v) is 6.32. The van der Waals surface area contributed by atoms with E-state index >= 15 is 0 Å². The fraction of sp³-hybridized carbons (Fsp3) is 0.500. The third kappa shape index (κ3) is 5.10. The van der Waals surface area contributed by atoms with Gasteiger partial charge in [-0.25, -0.2) is 8.78 Å². The second kappa shape index (κ2) is 8.16. The molecule has 0 atom stereocenters. The number of aliphatic hydroxyl groups is 2. The maximum absolute atomic E-state index is 12.4. The first-order valence-electron chi connectivity index (χ1n) is 5.44. The number of alkyl halides is 2. The number of rotatable bonds is 6. The number of halogens is 2. The number of hydrogen-bond donors (Lipinski definition) is 2. The van der Waals surface area contributed by atoms with Crippen LogP contribution in [0.4, 0.5) is 8.78 Å². The van der Waals surface area contributed by atoms with Gasteiger partial charge in [0.15, 0.2) is 0 Å². The van der Waals surface area contributed by atoms with Gasteiger partial charge in [0.05, 0.1) is 13.2 Å². The van der Waals surface area contributed by atoms with Crippen molar-refractivity contribution in [1.82, 2.24) is 4.90 Å². The Hall–Kier alpha value is -1.00. The van der Waals surface area contributed by atoms with Crippen molar-refractivity contribution in [2.24, 2.45) is 0 Å². The molecule has 18 heavy (non-hydrogen) atoms. The minimum absolute atomic E-state index is 0.157. The van der Waals surface area contributed by atoms with E-state index in [9.17, 15) is 8.78 Å². The lowest BCUT2D eigenvalue weighted by Crippen LogP contribution is -2.31. The van der Waals surface area contributed by atoms with Crippen molar-refractivity contribution in [3.8, 4) is 11.8 Å². The summed E-state index contributed by atoms with van der Waals surface area (Å²) < 4.78 is 24.7. The summed E-state index contributed by atoms with van der Waals surface area (Å²) in [6.45, 7) is -0.221. The zero-order chi connectivity index (χ0) is 13.4. The lowest BCUT2D eigenvalue weighted by molar-refractivity contribution is 0.0751. The van der Waals surface area contributed by atoms with E-state index < -0.39 is 6.43 Å². The molecule has 6 heteroatoms. The van der Waals surface area contributed by atoms with Gasteiger partial charge in [0.1, 0.15) is 6.61 Å². The fourth-order valence-corrected chi connectivity index (χ4v) is 2.36. The van der Waals surface area contributed by atoms with Crippen LogP contribution in [-0.2, 0) is 6.54 Å². The van der Waals surface area contributed by atoms with Crippen LogP contribution in [-0.4, -0.2) is 47.8 Å². The van der Waals surface area contributed by atoms with Crippen LogP contribution in [0.5, 0.6) is 0 Å². The minimum atomic E-state index is -2.43. The molecular formula is C12H15F2NO2S. The standard InChI is InChI=1S/C12H15F2NO2S/c13-12(14)9-15(4-6-17)8-11-10(2-1-5-16)3-7-18-11/h3,7,12,16-17H,4-6,8-9H2. The molecule has 1 rings (SSSR count). The monoisotopic (exact) mass is 275 g/mol. The Morgan fingerprint density at radius 1 is 1.39 bits per heavy atom. The summed E-state index contributed by atoms with van der Waals surface area (Å²) in [4.78, 5) is 2.35. The van der Waals surface area contributed by atoms with Gasteiger partial charge in [0, 0.05) is 23.5 Å². The number of thiophene rings is 1. The molecule has 1 heterocycles. The average Bonchev–Trinajstić information content (AvgIpc) is 2.73. The minimum Gasteiger partial charge on any atom is -0.395 e. The summed E-state index contributed by atoms with van der Waals surface area (Å²) in [7, 11) is 0. The molecule has 0 unspecified atom stereocenters. The molecule has 1 aromatic heterocycles. The van der Waals surface area contributed by atoms with E-state index in [1.165, 1.54) is 16.2 Å². The van der Waals surface area contributed by atoms with Gasteiger partial charge in [0.2, 0.25) is 0 Å². The summed E-state index contributed by atoms with van der Waals surface area (Å²) in [6.07, 6.45) is -2.43. The summed E-state index contributed by atoms with van der Waals surface area (Å²) in [5.74, 6) is 5.31.